The van der Waals surface area contributed by atoms with Crippen molar-refractivity contribution in [2.45, 2.75) is 45.8 Å². The molecule has 0 fully saturated rings. The molecule has 1 aromatic carbocycles. The van der Waals surface area contributed by atoms with Crippen LogP contribution in [0.1, 0.15) is 46.3 Å². The Balaban J connectivity index is 1.36. The van der Waals surface area contributed by atoms with E-state index in [0.717, 1.165) is 49.6 Å². The summed E-state index contributed by atoms with van der Waals surface area (Å²) in [5.41, 5.74) is 1.74. The molecule has 0 atom stereocenters. The quantitative estimate of drug-likeness (QED) is 0.707. The Labute approximate surface area is 163 Å². The van der Waals surface area contributed by atoms with Crippen LogP contribution in [-0.2, 0) is 26.1 Å². The number of carbonyl (C=O) groups excluding carboxylic acids is 1. The number of nitrogens with zero attached hydrogens (tertiary/aromatic N) is 5. The monoisotopic (exact) mass is 380 g/mol. The van der Waals surface area contributed by atoms with Gasteiger partial charge in [-0.1, -0.05) is 17.3 Å². The van der Waals surface area contributed by atoms with Crippen LogP contribution in [0.15, 0.2) is 35.0 Å². The third-order valence-electron chi connectivity index (χ3n) is 4.86. The lowest BCUT2D eigenvalue weighted by molar-refractivity contribution is 0.102. The second kappa shape index (κ2) is 7.93. The molecule has 8 heteroatoms. The minimum atomic E-state index is -0.115. The molecule has 0 spiro atoms. The number of hydrogen-bond acceptors (Lipinski definition) is 6. The van der Waals surface area contributed by atoms with Gasteiger partial charge in [-0.2, -0.15) is 4.98 Å². The molecule has 2 aromatic heterocycles. The van der Waals surface area contributed by atoms with Crippen molar-refractivity contribution in [2.75, 3.05) is 12.4 Å². The largest absolute Gasteiger partial charge is 0.340 e. The summed E-state index contributed by atoms with van der Waals surface area (Å²) in [6.07, 6.45) is 5.01. The number of nitrogens with one attached hydrogen (secondary N) is 1. The first kappa shape index (κ1) is 18.4. The zero-order chi connectivity index (χ0) is 19.5. The number of fused-ring (bicyclic) bond motifs is 1. The van der Waals surface area contributed by atoms with Crippen molar-refractivity contribution in [2.24, 2.45) is 0 Å². The molecule has 1 N–H and O–H groups in total. The van der Waals surface area contributed by atoms with E-state index in [1.165, 1.54) is 0 Å². The number of anilines is 1. The van der Waals surface area contributed by atoms with E-state index in [4.69, 9.17) is 4.52 Å². The minimum absolute atomic E-state index is 0.115. The summed E-state index contributed by atoms with van der Waals surface area (Å²) in [5, 5.41) is 6.90. The summed E-state index contributed by atoms with van der Waals surface area (Å²) in [6, 6.07) is 7.65. The summed E-state index contributed by atoms with van der Waals surface area (Å²) in [4.78, 5) is 23.3. The lowest BCUT2D eigenvalue weighted by Crippen LogP contribution is -2.19. The Bertz CT molecular complexity index is 959. The highest BCUT2D eigenvalue weighted by atomic mass is 16.5. The van der Waals surface area contributed by atoms with Gasteiger partial charge in [0.2, 0.25) is 5.89 Å². The van der Waals surface area contributed by atoms with E-state index in [9.17, 15) is 4.79 Å². The van der Waals surface area contributed by atoms with Crippen molar-refractivity contribution in [1.29, 1.82) is 0 Å². The molecule has 1 aliphatic heterocycles. The molecule has 1 amide bonds. The molecule has 3 heterocycles. The zero-order valence-electron chi connectivity index (χ0n) is 16.2. The highest BCUT2D eigenvalue weighted by Gasteiger charge is 2.16. The van der Waals surface area contributed by atoms with Crippen LogP contribution in [-0.4, -0.2) is 37.5 Å². The molecule has 0 aliphatic carbocycles. The van der Waals surface area contributed by atoms with Gasteiger partial charge in [0.05, 0.1) is 12.7 Å². The van der Waals surface area contributed by atoms with Crippen molar-refractivity contribution in [3.63, 3.8) is 0 Å². The maximum absolute atomic E-state index is 12.6. The molecule has 146 valence electrons. The molecule has 0 bridgehead atoms. The first-order valence-corrected chi connectivity index (χ1v) is 9.51. The van der Waals surface area contributed by atoms with Gasteiger partial charge in [0.25, 0.3) is 5.91 Å². The van der Waals surface area contributed by atoms with Crippen LogP contribution in [0.25, 0.3) is 0 Å². The van der Waals surface area contributed by atoms with Gasteiger partial charge in [-0.25, -0.2) is 4.98 Å². The van der Waals surface area contributed by atoms with Gasteiger partial charge in [-0.15, -0.1) is 0 Å². The second-order valence-corrected chi connectivity index (χ2v) is 7.22. The van der Waals surface area contributed by atoms with E-state index in [0.29, 0.717) is 23.8 Å². The van der Waals surface area contributed by atoms with Gasteiger partial charge in [0.15, 0.2) is 5.82 Å². The number of imidazole rings is 1. The Hall–Kier alpha value is -3.00. The minimum Gasteiger partial charge on any atom is -0.340 e. The molecule has 0 radical (unpaired) electrons. The lowest BCUT2D eigenvalue weighted by atomic mass is 10.1. The average Bonchev–Trinajstić information content (AvgIpc) is 3.28. The number of rotatable bonds is 6. The summed E-state index contributed by atoms with van der Waals surface area (Å²) >= 11 is 0. The van der Waals surface area contributed by atoms with Gasteiger partial charge >= 0.3 is 0 Å². The van der Waals surface area contributed by atoms with E-state index < -0.39 is 0 Å². The number of amides is 1. The Kier molecular flexibility index (Phi) is 5.21. The maximum atomic E-state index is 12.6. The molecule has 0 saturated heterocycles. The third-order valence-corrected chi connectivity index (χ3v) is 4.86. The molecule has 28 heavy (non-hydrogen) atoms. The highest BCUT2D eigenvalue weighted by molar-refractivity contribution is 6.03. The number of hydrogen-bond donors (Lipinski definition) is 1. The van der Waals surface area contributed by atoms with Crippen LogP contribution in [0.3, 0.4) is 0 Å². The topological polar surface area (TPSA) is 89.1 Å². The third kappa shape index (κ3) is 4.12. The lowest BCUT2D eigenvalue weighted by Gasteiger charge is -2.17. The van der Waals surface area contributed by atoms with E-state index in [1.807, 2.05) is 31.3 Å². The van der Waals surface area contributed by atoms with Crippen molar-refractivity contribution >= 4 is 11.7 Å². The molecule has 4 rings (SSSR count). The van der Waals surface area contributed by atoms with Crippen LogP contribution in [0, 0.1) is 6.92 Å². The van der Waals surface area contributed by atoms with Gasteiger partial charge in [0.1, 0.15) is 11.6 Å². The first-order valence-electron chi connectivity index (χ1n) is 9.51. The van der Waals surface area contributed by atoms with Gasteiger partial charge in [0, 0.05) is 32.0 Å². The maximum Gasteiger partial charge on any atom is 0.256 e. The molecule has 3 aromatic rings. The molecule has 1 aliphatic rings. The smallest absolute Gasteiger partial charge is 0.256 e. The van der Waals surface area contributed by atoms with Crippen molar-refractivity contribution < 1.29 is 9.32 Å². The van der Waals surface area contributed by atoms with Gasteiger partial charge in [-0.05, 0) is 37.6 Å². The van der Waals surface area contributed by atoms with Gasteiger partial charge < -0.3 is 14.4 Å². The Morgan fingerprint density at radius 3 is 2.82 bits per heavy atom. The summed E-state index contributed by atoms with van der Waals surface area (Å²) < 4.78 is 7.10. The van der Waals surface area contributed by atoms with Crippen molar-refractivity contribution in [3.8, 4) is 0 Å². The SMILES string of the molecule is Cc1nc(CN(C)Cc2ccc(C(=O)Nc3cnc4n3CCCC4)cc2)no1. The van der Waals surface area contributed by atoms with Crippen LogP contribution in [0.4, 0.5) is 5.82 Å². The number of aromatic nitrogens is 4. The number of aryl methyl sites for hydroxylation is 2. The fraction of sp³-hybridized carbons (Fsp3) is 0.400. The predicted octanol–water partition coefficient (Wildman–Crippen LogP) is 2.80. The molecule has 0 unspecified atom stereocenters. The van der Waals surface area contributed by atoms with Crippen molar-refractivity contribution in [1.82, 2.24) is 24.6 Å². The summed E-state index contributed by atoms with van der Waals surface area (Å²) in [6.45, 7) is 4.02. The molecule has 8 nitrogen and oxygen atoms in total. The fourth-order valence-corrected chi connectivity index (χ4v) is 3.48. The van der Waals surface area contributed by atoms with Crippen LogP contribution in [0.2, 0.25) is 0 Å². The predicted molar refractivity (Wildman–Crippen MR) is 104 cm³/mol. The van der Waals surface area contributed by atoms with E-state index in [1.54, 1.807) is 13.1 Å². The highest BCUT2D eigenvalue weighted by Crippen LogP contribution is 2.20. The number of carbonyl (C=O) groups is 1. The van der Waals surface area contributed by atoms with Crippen LogP contribution in [0.5, 0.6) is 0 Å². The van der Waals surface area contributed by atoms with E-state index >= 15 is 0 Å². The van der Waals surface area contributed by atoms with Crippen LogP contribution < -0.4 is 5.32 Å². The summed E-state index contributed by atoms with van der Waals surface area (Å²) in [7, 11) is 2.00. The van der Waals surface area contributed by atoms with Crippen molar-refractivity contribution in [3.05, 3.63) is 59.1 Å². The average molecular weight is 380 g/mol. The number of benzene rings is 1. The standard InChI is InChI=1S/C20H24N6O2/c1-14-22-17(24-28-14)13-25(2)12-15-6-8-16(9-7-15)20(27)23-19-11-21-18-5-3-4-10-26(18)19/h6-9,11H,3-5,10,12-13H2,1-2H3,(H,23,27). The fourth-order valence-electron chi connectivity index (χ4n) is 3.48. The van der Waals surface area contributed by atoms with Crippen LogP contribution >= 0.6 is 0 Å². The normalized spacial score (nSPS) is 13.5. The van der Waals surface area contributed by atoms with Gasteiger partial charge in [-0.3, -0.25) is 9.69 Å². The summed E-state index contributed by atoms with van der Waals surface area (Å²) in [5.74, 6) is 2.95. The first-order chi connectivity index (χ1) is 13.6. The Morgan fingerprint density at radius 2 is 2.07 bits per heavy atom. The Morgan fingerprint density at radius 1 is 1.25 bits per heavy atom. The van der Waals surface area contributed by atoms with E-state index in [-0.39, 0.29) is 5.91 Å². The van der Waals surface area contributed by atoms with E-state index in [2.05, 4.69) is 29.9 Å². The zero-order valence-corrected chi connectivity index (χ0v) is 16.2. The molecular weight excluding hydrogens is 356 g/mol. The second-order valence-electron chi connectivity index (χ2n) is 7.22. The molecule has 0 saturated carbocycles. The molecular formula is C20H24N6O2.